The average molecular weight is 371 g/mol. The van der Waals surface area contributed by atoms with Gasteiger partial charge >= 0.3 is 5.97 Å². The lowest BCUT2D eigenvalue weighted by molar-refractivity contribution is -0.383. The number of piperidine rings is 1. The number of nitrogens with zero attached hydrogens (tertiary/aromatic N) is 2. The van der Waals surface area contributed by atoms with Crippen LogP contribution in [0.15, 0.2) is 18.2 Å². The Balaban J connectivity index is 1.87. The lowest BCUT2D eigenvalue weighted by Gasteiger charge is -2.52. The SMILES string of the molecule is CC[C@]1(CCC(=O)O)CCCN2CCc3c([nH]c4cccc([N+](=O)[O-])c34)C21. The second-order valence-electron chi connectivity index (χ2n) is 7.88. The molecule has 1 aromatic heterocycles. The van der Waals surface area contributed by atoms with Crippen molar-refractivity contribution in [3.05, 3.63) is 39.6 Å². The summed E-state index contributed by atoms with van der Waals surface area (Å²) in [4.78, 5) is 28.5. The van der Waals surface area contributed by atoms with Gasteiger partial charge < -0.3 is 10.1 Å². The third-order valence-corrected chi connectivity index (χ3v) is 6.66. The standard InChI is InChI=1S/C20H25N3O4/c1-2-20(10-7-16(24)25)9-4-11-22-12-8-13-17-14(21-18(13)19(20)22)5-3-6-15(17)23(26)27/h3,5-6,19,21H,2,4,7-12H2,1H3,(H,24,25)/t19?,20-/m1/s1. The number of nitro groups is 1. The number of non-ortho nitro benzene ring substituents is 1. The Hall–Kier alpha value is -2.41. The smallest absolute Gasteiger partial charge is 0.303 e. The number of aromatic amines is 1. The van der Waals surface area contributed by atoms with Crippen LogP contribution in [0.3, 0.4) is 0 Å². The number of aromatic nitrogens is 1. The van der Waals surface area contributed by atoms with Crippen LogP contribution < -0.4 is 0 Å². The highest BCUT2D eigenvalue weighted by Crippen LogP contribution is 2.54. The van der Waals surface area contributed by atoms with Crippen molar-refractivity contribution in [2.45, 2.75) is 51.5 Å². The summed E-state index contributed by atoms with van der Waals surface area (Å²) >= 11 is 0. The van der Waals surface area contributed by atoms with E-state index in [1.54, 1.807) is 12.1 Å². The number of H-pyrrole nitrogens is 1. The fourth-order valence-corrected chi connectivity index (χ4v) is 5.40. The van der Waals surface area contributed by atoms with Crippen LogP contribution in [0.1, 0.15) is 56.3 Å². The Morgan fingerprint density at radius 2 is 2.26 bits per heavy atom. The molecular formula is C20H25N3O4. The van der Waals surface area contributed by atoms with E-state index in [0.29, 0.717) is 6.42 Å². The molecule has 144 valence electrons. The highest BCUT2D eigenvalue weighted by atomic mass is 16.6. The van der Waals surface area contributed by atoms with E-state index in [9.17, 15) is 20.0 Å². The van der Waals surface area contributed by atoms with E-state index in [1.165, 1.54) is 0 Å². The van der Waals surface area contributed by atoms with Gasteiger partial charge in [-0.2, -0.15) is 0 Å². The Morgan fingerprint density at radius 1 is 1.44 bits per heavy atom. The van der Waals surface area contributed by atoms with E-state index >= 15 is 0 Å². The monoisotopic (exact) mass is 371 g/mol. The highest BCUT2D eigenvalue weighted by molar-refractivity contribution is 5.93. The maximum atomic E-state index is 11.6. The van der Waals surface area contributed by atoms with E-state index in [1.807, 2.05) is 6.07 Å². The molecule has 0 bridgehead atoms. The van der Waals surface area contributed by atoms with Crippen LogP contribution in [-0.4, -0.2) is 39.0 Å². The molecule has 2 aliphatic rings. The third kappa shape index (κ3) is 2.81. The first-order valence-corrected chi connectivity index (χ1v) is 9.70. The van der Waals surface area contributed by atoms with Crippen molar-refractivity contribution in [2.24, 2.45) is 5.41 Å². The molecule has 1 unspecified atom stereocenters. The zero-order valence-electron chi connectivity index (χ0n) is 15.5. The van der Waals surface area contributed by atoms with Crippen molar-refractivity contribution in [3.8, 4) is 0 Å². The van der Waals surface area contributed by atoms with E-state index in [0.717, 1.165) is 60.9 Å². The largest absolute Gasteiger partial charge is 0.481 e. The molecule has 27 heavy (non-hydrogen) atoms. The van der Waals surface area contributed by atoms with Crippen LogP contribution in [0.25, 0.3) is 10.9 Å². The van der Waals surface area contributed by atoms with Gasteiger partial charge in [-0.25, -0.2) is 0 Å². The molecule has 7 nitrogen and oxygen atoms in total. The van der Waals surface area contributed by atoms with Crippen LogP contribution in [0.4, 0.5) is 5.69 Å². The fourth-order valence-electron chi connectivity index (χ4n) is 5.40. The summed E-state index contributed by atoms with van der Waals surface area (Å²) in [5, 5.41) is 21.5. The van der Waals surface area contributed by atoms with E-state index < -0.39 is 5.97 Å². The molecule has 1 saturated heterocycles. The number of fused-ring (bicyclic) bond motifs is 5. The molecule has 2 N–H and O–H groups in total. The second kappa shape index (κ2) is 6.64. The number of aliphatic carboxylic acids is 1. The third-order valence-electron chi connectivity index (χ3n) is 6.66. The van der Waals surface area contributed by atoms with Crippen LogP contribution in [0, 0.1) is 15.5 Å². The highest BCUT2D eigenvalue weighted by Gasteiger charge is 2.47. The van der Waals surface area contributed by atoms with Gasteiger partial charge in [0.15, 0.2) is 0 Å². The molecule has 0 spiro atoms. The van der Waals surface area contributed by atoms with Crippen molar-refractivity contribution in [1.29, 1.82) is 0 Å². The molecule has 0 saturated carbocycles. The molecule has 7 heteroatoms. The van der Waals surface area contributed by atoms with Gasteiger partial charge in [-0.15, -0.1) is 0 Å². The molecular weight excluding hydrogens is 346 g/mol. The predicted octanol–water partition coefficient (Wildman–Crippen LogP) is 4.03. The molecule has 3 heterocycles. The first-order chi connectivity index (χ1) is 13.0. The first-order valence-electron chi connectivity index (χ1n) is 9.70. The Bertz CT molecular complexity index is 906. The maximum absolute atomic E-state index is 11.6. The first kappa shape index (κ1) is 18.0. The van der Waals surface area contributed by atoms with Crippen molar-refractivity contribution in [2.75, 3.05) is 13.1 Å². The summed E-state index contributed by atoms with van der Waals surface area (Å²) in [6.45, 7) is 4.01. The predicted molar refractivity (Wildman–Crippen MR) is 102 cm³/mol. The number of carboxylic acids is 1. The summed E-state index contributed by atoms with van der Waals surface area (Å²) in [6.07, 6.45) is 4.55. The Labute approximate surface area is 157 Å². The number of nitrogens with one attached hydrogen (secondary N) is 1. The van der Waals surface area contributed by atoms with Gasteiger partial charge in [-0.1, -0.05) is 13.0 Å². The number of benzene rings is 1. The molecule has 4 rings (SSSR count). The summed E-state index contributed by atoms with van der Waals surface area (Å²) in [5.41, 5.74) is 2.97. The van der Waals surface area contributed by atoms with Crippen molar-refractivity contribution >= 4 is 22.6 Å². The molecule has 2 aliphatic heterocycles. The molecule has 0 aliphatic carbocycles. The Kier molecular flexibility index (Phi) is 4.42. The van der Waals surface area contributed by atoms with E-state index in [4.69, 9.17) is 0 Å². The number of hydrogen-bond acceptors (Lipinski definition) is 4. The van der Waals surface area contributed by atoms with Crippen LogP contribution in [0.2, 0.25) is 0 Å². The van der Waals surface area contributed by atoms with E-state index in [2.05, 4.69) is 16.8 Å². The number of nitro benzene ring substituents is 1. The number of carbonyl (C=O) groups is 1. The van der Waals surface area contributed by atoms with Gasteiger partial charge in [-0.3, -0.25) is 19.8 Å². The van der Waals surface area contributed by atoms with E-state index in [-0.39, 0.29) is 28.5 Å². The van der Waals surface area contributed by atoms with Crippen molar-refractivity contribution in [1.82, 2.24) is 9.88 Å². The molecule has 1 aromatic carbocycles. The minimum absolute atomic E-state index is 0.103. The molecule has 0 radical (unpaired) electrons. The van der Waals surface area contributed by atoms with Gasteiger partial charge in [0.1, 0.15) is 0 Å². The van der Waals surface area contributed by atoms with Gasteiger partial charge in [0.05, 0.1) is 21.9 Å². The zero-order valence-corrected chi connectivity index (χ0v) is 15.5. The molecule has 2 aromatic rings. The lowest BCUT2D eigenvalue weighted by atomic mass is 9.65. The minimum Gasteiger partial charge on any atom is -0.481 e. The zero-order chi connectivity index (χ0) is 19.2. The van der Waals surface area contributed by atoms with Crippen LogP contribution >= 0.6 is 0 Å². The van der Waals surface area contributed by atoms with Crippen LogP contribution in [0.5, 0.6) is 0 Å². The maximum Gasteiger partial charge on any atom is 0.303 e. The van der Waals surface area contributed by atoms with Crippen LogP contribution in [-0.2, 0) is 11.2 Å². The van der Waals surface area contributed by atoms with Gasteiger partial charge in [0.2, 0.25) is 0 Å². The topological polar surface area (TPSA) is 99.5 Å². The molecule has 1 fully saturated rings. The Morgan fingerprint density at radius 3 is 2.96 bits per heavy atom. The summed E-state index contributed by atoms with van der Waals surface area (Å²) < 4.78 is 0. The van der Waals surface area contributed by atoms with Gasteiger partial charge in [0.25, 0.3) is 5.69 Å². The number of rotatable bonds is 5. The normalized spacial score (nSPS) is 25.1. The van der Waals surface area contributed by atoms with Gasteiger partial charge in [0, 0.05) is 24.7 Å². The average Bonchev–Trinajstić information content (AvgIpc) is 3.04. The quantitative estimate of drug-likeness (QED) is 0.610. The number of hydrogen-bond donors (Lipinski definition) is 2. The minimum atomic E-state index is -0.761. The number of carboxylic acid groups (broad SMARTS) is 1. The van der Waals surface area contributed by atoms with Crippen molar-refractivity contribution < 1.29 is 14.8 Å². The summed E-state index contributed by atoms with van der Waals surface area (Å²) in [7, 11) is 0. The molecule has 2 atom stereocenters. The fraction of sp³-hybridized carbons (Fsp3) is 0.550. The second-order valence-corrected chi connectivity index (χ2v) is 7.88. The summed E-state index contributed by atoms with van der Waals surface area (Å²) in [6, 6.07) is 5.30. The van der Waals surface area contributed by atoms with Crippen molar-refractivity contribution in [3.63, 3.8) is 0 Å². The van der Waals surface area contributed by atoms with Gasteiger partial charge in [-0.05, 0) is 55.7 Å². The molecule has 0 amide bonds. The lowest BCUT2D eigenvalue weighted by Crippen LogP contribution is -2.49. The summed E-state index contributed by atoms with van der Waals surface area (Å²) in [5.74, 6) is -0.761.